The van der Waals surface area contributed by atoms with Crippen molar-refractivity contribution in [2.45, 2.75) is 18.6 Å². The summed E-state index contributed by atoms with van der Waals surface area (Å²) in [5.41, 5.74) is 2.30. The molecule has 1 aliphatic heterocycles. The van der Waals surface area contributed by atoms with Gasteiger partial charge in [0.15, 0.2) is 0 Å². The molecule has 3 heteroatoms. The Kier molecular flexibility index (Phi) is 3.18. The van der Waals surface area contributed by atoms with Crippen LogP contribution in [-0.2, 0) is 4.74 Å². The third-order valence-corrected chi connectivity index (χ3v) is 5.48. The van der Waals surface area contributed by atoms with Gasteiger partial charge in [0.2, 0.25) is 0 Å². The highest BCUT2D eigenvalue weighted by Crippen LogP contribution is 2.53. The van der Waals surface area contributed by atoms with Gasteiger partial charge in [-0.1, -0.05) is 60.7 Å². The summed E-state index contributed by atoms with van der Waals surface area (Å²) in [4.78, 5) is 4.96. The van der Waals surface area contributed by atoms with Crippen LogP contribution in [0.3, 0.4) is 0 Å². The lowest BCUT2D eigenvalue weighted by molar-refractivity contribution is 0.0750. The highest BCUT2D eigenvalue weighted by Gasteiger charge is 2.52. The molecule has 5 atom stereocenters. The molecule has 3 aliphatic rings. The number of nitrogens with one attached hydrogen (secondary N) is 1. The van der Waals surface area contributed by atoms with Crippen molar-refractivity contribution in [3.63, 3.8) is 0 Å². The van der Waals surface area contributed by atoms with Crippen LogP contribution in [0.1, 0.15) is 18.0 Å². The van der Waals surface area contributed by atoms with E-state index in [0.29, 0.717) is 23.8 Å². The number of hydrogen-bond acceptors (Lipinski definition) is 3. The zero-order valence-corrected chi connectivity index (χ0v) is 13.4. The number of aliphatic imine (C=N–C) groups is 1. The summed E-state index contributed by atoms with van der Waals surface area (Å²) >= 11 is 0. The number of hydrogen-bond donors (Lipinski definition) is 1. The molecular formula is C21H20N2O. The Morgan fingerprint density at radius 3 is 2.38 bits per heavy atom. The summed E-state index contributed by atoms with van der Waals surface area (Å²) in [6.07, 6.45) is 6.14. The molecule has 24 heavy (non-hydrogen) atoms. The first-order valence-electron chi connectivity index (χ1n) is 8.68. The first kappa shape index (κ1) is 13.8. The number of anilines is 1. The summed E-state index contributed by atoms with van der Waals surface area (Å²) in [5, 5.41) is 3.36. The quantitative estimate of drug-likeness (QED) is 0.832. The van der Waals surface area contributed by atoms with Crippen LogP contribution in [0.5, 0.6) is 0 Å². The molecule has 0 amide bonds. The van der Waals surface area contributed by atoms with Gasteiger partial charge >= 0.3 is 0 Å². The number of fused-ring (bicyclic) bond motifs is 5. The molecule has 1 N–H and O–H groups in total. The average molecular weight is 316 g/mol. The molecule has 2 aromatic rings. The SMILES string of the molecule is C1=CC2CC1C1OC(Nc3ccccc3)=NC(c3ccccc3)C21. The molecule has 1 heterocycles. The third-order valence-electron chi connectivity index (χ3n) is 5.48. The van der Waals surface area contributed by atoms with Crippen molar-refractivity contribution in [1.82, 2.24) is 0 Å². The normalized spacial score (nSPS) is 32.8. The molecule has 3 nitrogen and oxygen atoms in total. The molecule has 0 saturated heterocycles. The highest BCUT2D eigenvalue weighted by atomic mass is 16.5. The van der Waals surface area contributed by atoms with Crippen LogP contribution < -0.4 is 5.32 Å². The Hall–Kier alpha value is -2.55. The van der Waals surface area contributed by atoms with Gasteiger partial charge in [-0.15, -0.1) is 0 Å². The van der Waals surface area contributed by atoms with Gasteiger partial charge in [-0.2, -0.15) is 0 Å². The van der Waals surface area contributed by atoms with Crippen molar-refractivity contribution >= 4 is 11.7 Å². The second-order valence-corrected chi connectivity index (χ2v) is 6.89. The van der Waals surface area contributed by atoms with Crippen molar-refractivity contribution in [2.24, 2.45) is 22.7 Å². The van der Waals surface area contributed by atoms with Crippen LogP contribution in [0.15, 0.2) is 77.8 Å². The monoisotopic (exact) mass is 316 g/mol. The maximum atomic E-state index is 6.29. The minimum absolute atomic E-state index is 0.163. The standard InChI is InChI=1S/C21H20N2O/c1-3-7-14(8-4-1)19-18-15-11-12-16(13-15)20(18)24-21(23-19)22-17-9-5-2-6-10-17/h1-12,15-16,18-20H,13H2,(H,22,23). The fourth-order valence-electron chi connectivity index (χ4n) is 4.42. The van der Waals surface area contributed by atoms with Gasteiger partial charge in [0.25, 0.3) is 6.02 Å². The van der Waals surface area contributed by atoms with E-state index in [4.69, 9.17) is 9.73 Å². The first-order chi connectivity index (χ1) is 11.9. The summed E-state index contributed by atoms with van der Waals surface area (Å²) in [7, 11) is 0. The van der Waals surface area contributed by atoms with Gasteiger partial charge in [-0.3, -0.25) is 0 Å². The predicted octanol–water partition coefficient (Wildman–Crippen LogP) is 4.42. The van der Waals surface area contributed by atoms with Crippen molar-refractivity contribution < 1.29 is 4.74 Å². The van der Waals surface area contributed by atoms with Crippen LogP contribution in [0.25, 0.3) is 0 Å². The van der Waals surface area contributed by atoms with E-state index in [0.717, 1.165) is 5.69 Å². The van der Waals surface area contributed by atoms with Gasteiger partial charge in [-0.05, 0) is 30.0 Å². The maximum absolute atomic E-state index is 6.29. The zero-order chi connectivity index (χ0) is 15.9. The van der Waals surface area contributed by atoms with Gasteiger partial charge in [-0.25, -0.2) is 4.99 Å². The first-order valence-corrected chi connectivity index (χ1v) is 8.68. The van der Waals surface area contributed by atoms with Crippen molar-refractivity contribution in [1.29, 1.82) is 0 Å². The van der Waals surface area contributed by atoms with Crippen molar-refractivity contribution in [3.05, 3.63) is 78.4 Å². The molecule has 5 unspecified atom stereocenters. The smallest absolute Gasteiger partial charge is 0.290 e. The second kappa shape index (κ2) is 5.52. The molecule has 2 bridgehead atoms. The number of para-hydroxylation sites is 1. The van der Waals surface area contributed by atoms with E-state index in [-0.39, 0.29) is 12.1 Å². The average Bonchev–Trinajstić information content (AvgIpc) is 3.25. The lowest BCUT2D eigenvalue weighted by Crippen LogP contribution is -2.40. The largest absolute Gasteiger partial charge is 0.461 e. The molecule has 1 fully saturated rings. The van der Waals surface area contributed by atoms with Crippen LogP contribution in [0.4, 0.5) is 5.69 Å². The second-order valence-electron chi connectivity index (χ2n) is 6.89. The number of benzene rings is 2. The van der Waals surface area contributed by atoms with Crippen LogP contribution in [0, 0.1) is 17.8 Å². The number of allylic oxidation sites excluding steroid dienone is 1. The van der Waals surface area contributed by atoms with E-state index in [9.17, 15) is 0 Å². The summed E-state index contributed by atoms with van der Waals surface area (Å²) in [5.74, 6) is 1.56. The lowest BCUT2D eigenvalue weighted by Gasteiger charge is -2.37. The van der Waals surface area contributed by atoms with Crippen molar-refractivity contribution in [2.75, 3.05) is 5.32 Å². The number of nitrogens with zero attached hydrogens (tertiary/aromatic N) is 1. The predicted molar refractivity (Wildman–Crippen MR) is 95.8 cm³/mol. The topological polar surface area (TPSA) is 33.6 Å². The van der Waals surface area contributed by atoms with Gasteiger partial charge in [0.1, 0.15) is 6.10 Å². The summed E-state index contributed by atoms with van der Waals surface area (Å²) in [6.45, 7) is 0. The Morgan fingerprint density at radius 2 is 1.58 bits per heavy atom. The Labute approximate surface area is 142 Å². The van der Waals surface area contributed by atoms with Crippen LogP contribution in [-0.4, -0.2) is 12.1 Å². The molecular weight excluding hydrogens is 296 g/mol. The third kappa shape index (κ3) is 2.23. The van der Waals surface area contributed by atoms with E-state index in [1.807, 2.05) is 30.3 Å². The molecule has 0 aromatic heterocycles. The Balaban J connectivity index is 1.51. The molecule has 2 aromatic carbocycles. The van der Waals surface area contributed by atoms with E-state index >= 15 is 0 Å². The minimum atomic E-state index is 0.163. The zero-order valence-electron chi connectivity index (χ0n) is 13.4. The summed E-state index contributed by atoms with van der Waals surface area (Å²) < 4.78 is 6.29. The Morgan fingerprint density at radius 1 is 0.875 bits per heavy atom. The van der Waals surface area contributed by atoms with E-state index in [2.05, 4.69) is 47.8 Å². The molecule has 0 radical (unpaired) electrons. The summed E-state index contributed by atoms with van der Waals surface area (Å²) in [6, 6.07) is 21.6. The van der Waals surface area contributed by atoms with Gasteiger partial charge < -0.3 is 10.1 Å². The van der Waals surface area contributed by atoms with Crippen LogP contribution >= 0.6 is 0 Å². The van der Waals surface area contributed by atoms with Crippen LogP contribution in [0.2, 0.25) is 0 Å². The Bertz CT molecular complexity index is 784. The van der Waals surface area contributed by atoms with Crippen molar-refractivity contribution in [3.8, 4) is 0 Å². The molecule has 2 aliphatic carbocycles. The fourth-order valence-corrected chi connectivity index (χ4v) is 4.42. The maximum Gasteiger partial charge on any atom is 0.290 e. The number of ether oxygens (including phenoxy) is 1. The number of rotatable bonds is 2. The molecule has 0 spiro atoms. The highest BCUT2D eigenvalue weighted by molar-refractivity contribution is 5.89. The lowest BCUT2D eigenvalue weighted by atomic mass is 9.81. The minimum Gasteiger partial charge on any atom is -0.461 e. The molecule has 1 saturated carbocycles. The van der Waals surface area contributed by atoms with Gasteiger partial charge in [0.05, 0.1) is 6.04 Å². The van der Waals surface area contributed by atoms with E-state index < -0.39 is 0 Å². The van der Waals surface area contributed by atoms with E-state index in [1.54, 1.807) is 0 Å². The number of amidine groups is 1. The van der Waals surface area contributed by atoms with E-state index in [1.165, 1.54) is 12.0 Å². The molecule has 120 valence electrons. The molecule has 5 rings (SSSR count). The fraction of sp³-hybridized carbons (Fsp3) is 0.286. The van der Waals surface area contributed by atoms with Gasteiger partial charge in [0, 0.05) is 17.5 Å².